The molecule has 0 radical (unpaired) electrons. The molecule has 0 amide bonds. The Morgan fingerprint density at radius 3 is 2.26 bits per heavy atom. The summed E-state index contributed by atoms with van der Waals surface area (Å²) in [5.41, 5.74) is 0.0395. The number of halogens is 3. The third-order valence-electron chi connectivity index (χ3n) is 5.16. The van der Waals surface area contributed by atoms with Gasteiger partial charge in [-0.1, -0.05) is 17.7 Å². The predicted molar refractivity (Wildman–Crippen MR) is 125 cm³/mol. The number of anilines is 1. The molecule has 3 aromatic rings. The quantitative estimate of drug-likeness (QED) is 0.412. The van der Waals surface area contributed by atoms with Gasteiger partial charge < -0.3 is 9.47 Å². The van der Waals surface area contributed by atoms with Gasteiger partial charge in [0.1, 0.15) is 17.7 Å². The SMILES string of the molecule is COc1ccc(S(=O)(=O)N(c2ccc(Cl)cc2Cc2c(F)cccc2F)C(C)C#N)cc1OC. The second-order valence-electron chi connectivity index (χ2n) is 7.27. The molecule has 178 valence electrons. The van der Waals surface area contributed by atoms with Crippen molar-refractivity contribution in [3.05, 3.63) is 82.4 Å². The highest BCUT2D eigenvalue weighted by Crippen LogP contribution is 2.36. The molecular formula is C24H21ClF2N2O4S. The second kappa shape index (κ2) is 10.3. The van der Waals surface area contributed by atoms with Gasteiger partial charge >= 0.3 is 0 Å². The van der Waals surface area contributed by atoms with Crippen molar-refractivity contribution in [3.63, 3.8) is 0 Å². The summed E-state index contributed by atoms with van der Waals surface area (Å²) in [5, 5.41) is 9.88. The van der Waals surface area contributed by atoms with Crippen LogP contribution in [0.4, 0.5) is 14.5 Å². The van der Waals surface area contributed by atoms with E-state index in [0.29, 0.717) is 5.75 Å². The van der Waals surface area contributed by atoms with Crippen molar-refractivity contribution < 1.29 is 26.7 Å². The second-order valence-corrected chi connectivity index (χ2v) is 9.52. The number of nitrogens with zero attached hydrogens (tertiary/aromatic N) is 2. The molecule has 6 nitrogen and oxygen atoms in total. The Labute approximate surface area is 202 Å². The molecule has 1 atom stereocenters. The van der Waals surface area contributed by atoms with Crippen LogP contribution in [0.2, 0.25) is 5.02 Å². The zero-order valence-corrected chi connectivity index (χ0v) is 20.1. The molecule has 0 bridgehead atoms. The van der Waals surface area contributed by atoms with E-state index in [-0.39, 0.29) is 38.9 Å². The highest BCUT2D eigenvalue weighted by molar-refractivity contribution is 7.92. The molecule has 0 aliphatic carbocycles. The van der Waals surface area contributed by atoms with E-state index in [4.69, 9.17) is 21.1 Å². The van der Waals surface area contributed by atoms with Gasteiger partial charge in [0.2, 0.25) is 0 Å². The van der Waals surface area contributed by atoms with Crippen LogP contribution in [-0.4, -0.2) is 28.7 Å². The van der Waals surface area contributed by atoms with Gasteiger partial charge in [-0.25, -0.2) is 21.5 Å². The maximum Gasteiger partial charge on any atom is 0.265 e. The Balaban J connectivity index is 2.21. The number of nitriles is 1. The molecule has 0 aliphatic rings. The molecule has 0 fully saturated rings. The standard InChI is InChI=1S/C24H21ClF2N2O4S/c1-15(14-28)29(34(30,31)18-8-10-23(32-2)24(13-18)33-3)22-9-7-17(25)11-16(22)12-19-20(26)5-4-6-21(19)27/h4-11,13,15H,12H2,1-3H3. The van der Waals surface area contributed by atoms with Crippen LogP contribution in [0.25, 0.3) is 0 Å². The van der Waals surface area contributed by atoms with E-state index in [1.165, 1.54) is 63.6 Å². The number of rotatable bonds is 8. The van der Waals surface area contributed by atoms with Crippen molar-refractivity contribution in [1.29, 1.82) is 5.26 Å². The van der Waals surface area contributed by atoms with Crippen LogP contribution in [0.15, 0.2) is 59.5 Å². The molecule has 0 spiro atoms. The van der Waals surface area contributed by atoms with Crippen LogP contribution in [0.5, 0.6) is 11.5 Å². The van der Waals surface area contributed by atoms with Gasteiger partial charge in [0.25, 0.3) is 10.0 Å². The third kappa shape index (κ3) is 4.93. The lowest BCUT2D eigenvalue weighted by atomic mass is 10.0. The molecule has 1 unspecified atom stereocenters. The van der Waals surface area contributed by atoms with Gasteiger partial charge in [-0.2, -0.15) is 5.26 Å². The largest absolute Gasteiger partial charge is 0.493 e. The summed E-state index contributed by atoms with van der Waals surface area (Å²) in [6, 6.07) is 12.5. The highest BCUT2D eigenvalue weighted by atomic mass is 35.5. The smallest absolute Gasteiger partial charge is 0.265 e. The Hall–Kier alpha value is -3.35. The Bertz CT molecular complexity index is 1340. The molecule has 0 saturated heterocycles. The summed E-state index contributed by atoms with van der Waals surface area (Å²) >= 11 is 6.13. The lowest BCUT2D eigenvalue weighted by Crippen LogP contribution is -2.38. The number of methoxy groups -OCH3 is 2. The molecule has 34 heavy (non-hydrogen) atoms. The number of ether oxygens (including phenoxy) is 2. The van der Waals surface area contributed by atoms with Crippen molar-refractivity contribution in [2.45, 2.75) is 24.3 Å². The van der Waals surface area contributed by atoms with E-state index in [0.717, 1.165) is 16.4 Å². The van der Waals surface area contributed by atoms with Crippen LogP contribution >= 0.6 is 11.6 Å². The van der Waals surface area contributed by atoms with Gasteiger partial charge in [0.15, 0.2) is 11.5 Å². The number of hydrogen-bond acceptors (Lipinski definition) is 5. The first-order valence-corrected chi connectivity index (χ1v) is 11.8. The summed E-state index contributed by atoms with van der Waals surface area (Å²) in [7, 11) is -1.55. The monoisotopic (exact) mass is 506 g/mol. The minimum absolute atomic E-state index is 0.0656. The normalized spacial score (nSPS) is 12.0. The molecule has 0 N–H and O–H groups in total. The zero-order valence-electron chi connectivity index (χ0n) is 18.6. The van der Waals surface area contributed by atoms with Crippen LogP contribution in [0.3, 0.4) is 0 Å². The van der Waals surface area contributed by atoms with Crippen molar-refractivity contribution in [2.24, 2.45) is 0 Å². The zero-order chi connectivity index (χ0) is 25.0. The molecule has 10 heteroatoms. The van der Waals surface area contributed by atoms with Gasteiger partial charge in [-0.15, -0.1) is 0 Å². The number of hydrogen-bond donors (Lipinski definition) is 0. The van der Waals surface area contributed by atoms with Crippen LogP contribution in [-0.2, 0) is 16.4 Å². The van der Waals surface area contributed by atoms with Gasteiger partial charge in [0, 0.05) is 23.1 Å². The summed E-state index contributed by atoms with van der Waals surface area (Å²) in [6.07, 6.45) is -0.287. The molecule has 0 saturated carbocycles. The van der Waals surface area contributed by atoms with Gasteiger partial charge in [0.05, 0.1) is 30.9 Å². The van der Waals surface area contributed by atoms with E-state index in [1.807, 2.05) is 6.07 Å². The predicted octanol–water partition coefficient (Wildman–Crippen LogP) is 5.33. The van der Waals surface area contributed by atoms with E-state index in [1.54, 1.807) is 0 Å². The average Bonchev–Trinajstić information content (AvgIpc) is 2.82. The molecule has 0 aliphatic heterocycles. The van der Waals surface area contributed by atoms with E-state index < -0.39 is 27.7 Å². The molecule has 3 aromatic carbocycles. The third-order valence-corrected chi connectivity index (χ3v) is 7.27. The summed E-state index contributed by atoms with van der Waals surface area (Å²) in [6.45, 7) is 1.40. The van der Waals surface area contributed by atoms with Crippen molar-refractivity contribution in [3.8, 4) is 17.6 Å². The van der Waals surface area contributed by atoms with E-state index >= 15 is 0 Å². The van der Waals surface area contributed by atoms with Crippen molar-refractivity contribution >= 4 is 27.3 Å². The lowest BCUT2D eigenvalue weighted by Gasteiger charge is -2.29. The Morgan fingerprint density at radius 2 is 1.68 bits per heavy atom. The molecule has 3 rings (SSSR count). The Morgan fingerprint density at radius 1 is 1.03 bits per heavy atom. The maximum atomic E-state index is 14.4. The number of sulfonamides is 1. The fraction of sp³-hybridized carbons (Fsp3) is 0.208. The topological polar surface area (TPSA) is 79.6 Å². The molecule has 0 heterocycles. The first kappa shape index (κ1) is 25.3. The average molecular weight is 507 g/mol. The maximum absolute atomic E-state index is 14.4. The summed E-state index contributed by atoms with van der Waals surface area (Å²) < 4.78 is 67.5. The fourth-order valence-corrected chi connectivity index (χ4v) is 5.31. The molecular weight excluding hydrogens is 486 g/mol. The van der Waals surface area contributed by atoms with E-state index in [9.17, 15) is 22.5 Å². The van der Waals surface area contributed by atoms with Gasteiger partial charge in [-0.3, -0.25) is 0 Å². The highest BCUT2D eigenvalue weighted by Gasteiger charge is 2.32. The first-order chi connectivity index (χ1) is 16.1. The summed E-state index contributed by atoms with van der Waals surface area (Å²) in [5.74, 6) is -1.07. The minimum Gasteiger partial charge on any atom is -0.493 e. The van der Waals surface area contributed by atoms with Crippen LogP contribution in [0.1, 0.15) is 18.1 Å². The van der Waals surface area contributed by atoms with Crippen molar-refractivity contribution in [1.82, 2.24) is 0 Å². The van der Waals surface area contributed by atoms with Crippen molar-refractivity contribution in [2.75, 3.05) is 18.5 Å². The van der Waals surface area contributed by atoms with Crippen LogP contribution < -0.4 is 13.8 Å². The Kier molecular flexibility index (Phi) is 7.64. The number of benzene rings is 3. The van der Waals surface area contributed by atoms with E-state index in [2.05, 4.69) is 0 Å². The summed E-state index contributed by atoms with van der Waals surface area (Å²) in [4.78, 5) is -0.162. The fourth-order valence-electron chi connectivity index (χ4n) is 3.49. The van der Waals surface area contributed by atoms with Crippen LogP contribution in [0, 0.1) is 23.0 Å². The lowest BCUT2D eigenvalue weighted by molar-refractivity contribution is 0.354. The van der Waals surface area contributed by atoms with Gasteiger partial charge in [-0.05, 0) is 55.0 Å². The first-order valence-electron chi connectivity index (χ1n) is 10.0. The molecule has 0 aromatic heterocycles. The minimum atomic E-state index is -4.33.